The van der Waals surface area contributed by atoms with Gasteiger partial charge in [0.2, 0.25) is 0 Å². The normalized spacial score (nSPS) is 14.8. The molecule has 0 fully saturated rings. The molecule has 2 bridgehead atoms. The molecule has 56 heavy (non-hydrogen) atoms. The molecular weight excluding hydrogens is 687 g/mol. The topological polar surface area (TPSA) is 90.2 Å². The second-order valence-electron chi connectivity index (χ2n) is 14.1. The first-order valence-corrected chi connectivity index (χ1v) is 18.7. The number of hydrogen-bond donors (Lipinski definition) is 0. The predicted molar refractivity (Wildman–Crippen MR) is 218 cm³/mol. The van der Waals surface area contributed by atoms with Crippen LogP contribution >= 0.6 is 0 Å². The zero-order valence-corrected chi connectivity index (χ0v) is 30.0. The van der Waals surface area contributed by atoms with E-state index in [1.807, 2.05) is 109 Å². The van der Waals surface area contributed by atoms with Crippen molar-refractivity contribution in [2.24, 2.45) is 0 Å². The van der Waals surface area contributed by atoms with E-state index < -0.39 is 0 Å². The van der Waals surface area contributed by atoms with Gasteiger partial charge in [-0.25, -0.2) is 29.9 Å². The maximum absolute atomic E-state index is 5.06. The van der Waals surface area contributed by atoms with E-state index in [1.54, 1.807) is 6.20 Å². The van der Waals surface area contributed by atoms with Crippen molar-refractivity contribution in [3.8, 4) is 68.5 Å². The average Bonchev–Trinajstić information content (AvgIpc) is 3.29. The van der Waals surface area contributed by atoms with Crippen molar-refractivity contribution >= 4 is 0 Å². The van der Waals surface area contributed by atoms with Crippen molar-refractivity contribution in [2.45, 2.75) is 11.8 Å². The molecule has 7 nitrogen and oxygen atoms in total. The zero-order chi connectivity index (χ0) is 37.0. The van der Waals surface area contributed by atoms with E-state index in [9.17, 15) is 0 Å². The lowest BCUT2D eigenvalue weighted by Gasteiger charge is -2.42. The number of hydrogen-bond acceptors (Lipinski definition) is 7. The summed E-state index contributed by atoms with van der Waals surface area (Å²) in [7, 11) is 0. The van der Waals surface area contributed by atoms with Crippen LogP contribution in [0.5, 0.6) is 0 Å². The van der Waals surface area contributed by atoms with Crippen molar-refractivity contribution in [3.63, 3.8) is 0 Å². The van der Waals surface area contributed by atoms with Gasteiger partial charge in [0.15, 0.2) is 34.9 Å². The summed E-state index contributed by atoms with van der Waals surface area (Å²) >= 11 is 0. The molecule has 3 aromatic heterocycles. The Bertz CT molecular complexity index is 2600. The van der Waals surface area contributed by atoms with Gasteiger partial charge in [0.05, 0.1) is 0 Å². The van der Waals surface area contributed by atoms with Gasteiger partial charge < -0.3 is 0 Å². The van der Waals surface area contributed by atoms with Crippen LogP contribution in [-0.2, 0) is 0 Å². The summed E-state index contributed by atoms with van der Waals surface area (Å²) < 4.78 is 0. The molecule has 2 atom stereocenters. The van der Waals surface area contributed by atoms with E-state index in [-0.39, 0.29) is 11.8 Å². The summed E-state index contributed by atoms with van der Waals surface area (Å²) in [6, 6.07) is 58.4. The molecule has 0 aliphatic heterocycles. The Labute approximate surface area is 323 Å². The second kappa shape index (κ2) is 13.1. The van der Waals surface area contributed by atoms with E-state index in [0.717, 1.165) is 27.8 Å². The van der Waals surface area contributed by atoms with Crippen LogP contribution in [0.15, 0.2) is 176 Å². The molecule has 0 spiro atoms. The molecule has 3 aliphatic rings. The summed E-state index contributed by atoms with van der Waals surface area (Å²) in [4.78, 5) is 34.5. The summed E-state index contributed by atoms with van der Waals surface area (Å²) in [5.41, 5.74) is 13.2. The summed E-state index contributed by atoms with van der Waals surface area (Å²) in [5.74, 6) is 3.81. The first-order chi connectivity index (χ1) is 27.7. The number of pyridine rings is 1. The lowest BCUT2D eigenvalue weighted by molar-refractivity contribution is 0.754. The third-order valence-corrected chi connectivity index (χ3v) is 10.8. The lowest BCUT2D eigenvalue weighted by Crippen LogP contribution is -2.27. The molecule has 2 unspecified atom stereocenters. The van der Waals surface area contributed by atoms with Crippen molar-refractivity contribution in [2.75, 3.05) is 0 Å². The van der Waals surface area contributed by atoms with Crippen LogP contribution in [0, 0.1) is 0 Å². The molecule has 262 valence electrons. The van der Waals surface area contributed by atoms with Crippen molar-refractivity contribution in [3.05, 3.63) is 209 Å². The average molecular weight is 718 g/mol. The third-order valence-electron chi connectivity index (χ3n) is 10.8. The third kappa shape index (κ3) is 5.40. The Hall–Kier alpha value is -7.51. The van der Waals surface area contributed by atoms with Crippen LogP contribution in [0.3, 0.4) is 0 Å². The predicted octanol–water partition coefficient (Wildman–Crippen LogP) is 10.4. The molecule has 7 heteroatoms. The van der Waals surface area contributed by atoms with E-state index in [2.05, 4.69) is 65.6 Å². The van der Waals surface area contributed by atoms with Gasteiger partial charge >= 0.3 is 0 Å². The molecule has 3 aliphatic carbocycles. The zero-order valence-electron chi connectivity index (χ0n) is 30.0. The molecule has 0 amide bonds. The minimum absolute atomic E-state index is 0.0407. The Morgan fingerprint density at radius 1 is 0.268 bits per heavy atom. The number of nitrogens with zero attached hydrogens (tertiary/aromatic N) is 7. The SMILES string of the molecule is c1ccc(-c2nc(-c3ccccc3)nc(-c3ccc4c(c3)C3c5ccccc5C4c4cc(-c5nc(-c6ccccc6)nc(-c6ccccn6)n5)ccc43)n2)cc1. The van der Waals surface area contributed by atoms with Gasteiger partial charge in [-0.05, 0) is 57.6 Å². The van der Waals surface area contributed by atoms with Crippen molar-refractivity contribution in [1.82, 2.24) is 34.9 Å². The molecule has 9 aromatic rings. The molecule has 6 aromatic carbocycles. The van der Waals surface area contributed by atoms with E-state index in [4.69, 9.17) is 29.9 Å². The highest BCUT2D eigenvalue weighted by Gasteiger charge is 2.41. The second-order valence-corrected chi connectivity index (χ2v) is 14.1. The van der Waals surface area contributed by atoms with Crippen LogP contribution in [0.2, 0.25) is 0 Å². The summed E-state index contributed by atoms with van der Waals surface area (Å²) in [6.07, 6.45) is 1.77. The van der Waals surface area contributed by atoms with Gasteiger partial charge in [0.1, 0.15) is 5.69 Å². The van der Waals surface area contributed by atoms with E-state index >= 15 is 0 Å². The van der Waals surface area contributed by atoms with Crippen LogP contribution in [0.4, 0.5) is 0 Å². The fourth-order valence-corrected chi connectivity index (χ4v) is 8.26. The molecule has 12 rings (SSSR count). The van der Waals surface area contributed by atoms with Gasteiger partial charge in [0, 0.05) is 45.8 Å². The Morgan fingerprint density at radius 3 is 1.04 bits per heavy atom. The van der Waals surface area contributed by atoms with Crippen molar-refractivity contribution < 1.29 is 0 Å². The van der Waals surface area contributed by atoms with Crippen LogP contribution in [-0.4, -0.2) is 34.9 Å². The Balaban J connectivity index is 1.05. The Kier molecular flexibility index (Phi) is 7.48. The standard InChI is InChI=1S/C49H31N7/c1-4-14-30(15-5-1)44-51-45(31-16-6-2-7-17-31)53-47(52-44)33-23-25-37-39(28-33)42-35-20-10-11-21-36(35)43(37)40-29-34(24-26-38(40)42)48-54-46(32-18-8-3-9-19-32)55-49(56-48)41-22-12-13-27-50-41/h1-29,42-43H. The fourth-order valence-electron chi connectivity index (χ4n) is 8.26. The largest absolute Gasteiger partial charge is 0.253 e. The highest BCUT2D eigenvalue weighted by atomic mass is 15.0. The lowest BCUT2D eigenvalue weighted by atomic mass is 9.61. The van der Waals surface area contributed by atoms with E-state index in [1.165, 1.54) is 33.4 Å². The first-order valence-electron chi connectivity index (χ1n) is 18.7. The number of aromatic nitrogens is 7. The van der Waals surface area contributed by atoms with Gasteiger partial charge in [0.25, 0.3) is 0 Å². The maximum Gasteiger partial charge on any atom is 0.182 e. The molecule has 3 heterocycles. The molecule has 0 N–H and O–H groups in total. The monoisotopic (exact) mass is 717 g/mol. The van der Waals surface area contributed by atoms with Crippen LogP contribution in [0.1, 0.15) is 45.2 Å². The molecule has 0 saturated carbocycles. The van der Waals surface area contributed by atoms with Gasteiger partial charge in [-0.2, -0.15) is 0 Å². The van der Waals surface area contributed by atoms with E-state index in [0.29, 0.717) is 40.6 Å². The van der Waals surface area contributed by atoms with Crippen molar-refractivity contribution in [1.29, 1.82) is 0 Å². The molecule has 0 radical (unpaired) electrons. The number of rotatable bonds is 6. The minimum atomic E-state index is 0.0407. The summed E-state index contributed by atoms with van der Waals surface area (Å²) in [5, 5.41) is 0. The van der Waals surface area contributed by atoms with Crippen LogP contribution in [0.25, 0.3) is 68.5 Å². The minimum Gasteiger partial charge on any atom is -0.253 e. The first kappa shape index (κ1) is 32.0. The highest BCUT2D eigenvalue weighted by Crippen LogP contribution is 2.56. The fraction of sp³-hybridized carbons (Fsp3) is 0.0408. The van der Waals surface area contributed by atoms with Crippen LogP contribution < -0.4 is 0 Å². The molecular formula is C49H31N7. The van der Waals surface area contributed by atoms with Gasteiger partial charge in [-0.15, -0.1) is 0 Å². The summed E-state index contributed by atoms with van der Waals surface area (Å²) in [6.45, 7) is 0. The van der Waals surface area contributed by atoms with Gasteiger partial charge in [-0.3, -0.25) is 4.98 Å². The smallest absolute Gasteiger partial charge is 0.182 e. The number of benzene rings is 6. The highest BCUT2D eigenvalue weighted by molar-refractivity contribution is 5.75. The molecule has 0 saturated heterocycles. The van der Waals surface area contributed by atoms with Gasteiger partial charge in [-0.1, -0.05) is 146 Å². The Morgan fingerprint density at radius 2 is 0.625 bits per heavy atom. The quantitative estimate of drug-likeness (QED) is 0.169. The maximum atomic E-state index is 5.06.